The molecule has 7 heteroatoms. The van der Waals surface area contributed by atoms with Gasteiger partial charge >= 0.3 is 0 Å². The number of aromatic nitrogens is 4. The molecule has 1 aliphatic rings. The van der Waals surface area contributed by atoms with E-state index < -0.39 is 0 Å². The van der Waals surface area contributed by atoms with Crippen molar-refractivity contribution in [2.24, 2.45) is 10.9 Å². The Morgan fingerprint density at radius 2 is 1.97 bits per heavy atom. The molecule has 0 saturated carbocycles. The molecule has 0 fully saturated rings. The quantitative estimate of drug-likeness (QED) is 0.401. The van der Waals surface area contributed by atoms with Crippen LogP contribution < -0.4 is 5.32 Å². The van der Waals surface area contributed by atoms with Gasteiger partial charge in [-0.2, -0.15) is 0 Å². The third-order valence-electron chi connectivity index (χ3n) is 6.13. The topological polar surface area (TPSA) is 78.9 Å². The fourth-order valence-electron chi connectivity index (χ4n) is 4.55. The van der Waals surface area contributed by atoms with Crippen molar-refractivity contribution < 1.29 is 4.39 Å². The van der Waals surface area contributed by atoms with Gasteiger partial charge < -0.3 is 10.3 Å². The lowest BCUT2D eigenvalue weighted by Gasteiger charge is -2.26. The molecular formula is C26H25FN6. The van der Waals surface area contributed by atoms with Crippen molar-refractivity contribution in [1.29, 1.82) is 0 Å². The maximum absolute atomic E-state index is 14.8. The van der Waals surface area contributed by atoms with Gasteiger partial charge in [-0.3, -0.25) is 4.99 Å². The van der Waals surface area contributed by atoms with E-state index in [0.717, 1.165) is 29.6 Å². The number of nitrogens with zero attached hydrogens (tertiary/aromatic N) is 4. The molecule has 33 heavy (non-hydrogen) atoms. The highest BCUT2D eigenvalue weighted by atomic mass is 19.1. The number of aliphatic imine (C=N–C) groups is 1. The molecule has 6 nitrogen and oxygen atoms in total. The maximum atomic E-state index is 14.8. The van der Waals surface area contributed by atoms with E-state index in [4.69, 9.17) is 4.99 Å². The Balaban J connectivity index is 1.58. The van der Waals surface area contributed by atoms with Gasteiger partial charge in [0, 0.05) is 17.2 Å². The number of H-pyrrole nitrogens is 1. The van der Waals surface area contributed by atoms with Gasteiger partial charge in [-0.25, -0.2) is 19.3 Å². The van der Waals surface area contributed by atoms with Crippen LogP contribution >= 0.6 is 0 Å². The molecule has 0 radical (unpaired) electrons. The van der Waals surface area contributed by atoms with E-state index in [2.05, 4.69) is 50.9 Å². The largest absolute Gasteiger partial charge is 0.360 e. The first-order valence-corrected chi connectivity index (χ1v) is 11.1. The zero-order valence-electron chi connectivity index (χ0n) is 18.4. The molecule has 0 saturated heterocycles. The second kappa shape index (κ2) is 8.94. The van der Waals surface area contributed by atoms with Crippen LogP contribution in [-0.2, 0) is 6.42 Å². The number of rotatable bonds is 6. The predicted molar refractivity (Wildman–Crippen MR) is 130 cm³/mol. The Labute approximate surface area is 191 Å². The predicted octanol–water partition coefficient (Wildman–Crippen LogP) is 5.73. The molecule has 5 rings (SSSR count). The van der Waals surface area contributed by atoms with Crippen LogP contribution in [0.2, 0.25) is 0 Å². The molecule has 166 valence electrons. The molecule has 3 heterocycles. The molecule has 0 amide bonds. The maximum Gasteiger partial charge on any atom is 0.182 e. The van der Waals surface area contributed by atoms with Gasteiger partial charge in [-0.05, 0) is 42.5 Å². The number of anilines is 1. The summed E-state index contributed by atoms with van der Waals surface area (Å²) in [6.45, 7) is 6.35. The smallest absolute Gasteiger partial charge is 0.182 e. The Bertz CT molecular complexity index is 1330. The minimum Gasteiger partial charge on any atom is -0.360 e. The van der Waals surface area contributed by atoms with Crippen molar-refractivity contribution in [2.75, 3.05) is 5.32 Å². The highest BCUT2D eigenvalue weighted by molar-refractivity contribution is 6.00. The van der Waals surface area contributed by atoms with Crippen LogP contribution in [-0.4, -0.2) is 31.7 Å². The summed E-state index contributed by atoms with van der Waals surface area (Å²) in [5.41, 5.74) is 5.45. The van der Waals surface area contributed by atoms with Gasteiger partial charge in [0.25, 0.3) is 0 Å². The van der Waals surface area contributed by atoms with Gasteiger partial charge in [-0.15, -0.1) is 0 Å². The third-order valence-corrected chi connectivity index (χ3v) is 6.13. The Hall–Kier alpha value is -3.87. The Morgan fingerprint density at radius 3 is 2.79 bits per heavy atom. The number of fused-ring (bicyclic) bond motifs is 2. The minimum atomic E-state index is -0.281. The molecule has 4 aromatic rings. The molecule has 2 unspecified atom stereocenters. The van der Waals surface area contributed by atoms with E-state index in [-0.39, 0.29) is 17.8 Å². The summed E-state index contributed by atoms with van der Waals surface area (Å²) < 4.78 is 14.8. The summed E-state index contributed by atoms with van der Waals surface area (Å²) in [6, 6.07) is 15.2. The van der Waals surface area contributed by atoms with Crippen LogP contribution in [0.4, 0.5) is 15.9 Å². The van der Waals surface area contributed by atoms with Crippen molar-refractivity contribution in [1.82, 2.24) is 19.9 Å². The van der Waals surface area contributed by atoms with Crippen molar-refractivity contribution >= 4 is 34.0 Å². The fraction of sp³-hybridized carbons (Fsp3) is 0.231. The van der Waals surface area contributed by atoms with Crippen molar-refractivity contribution in [3.8, 4) is 0 Å². The summed E-state index contributed by atoms with van der Waals surface area (Å²) in [7, 11) is 0. The second-order valence-electron chi connectivity index (χ2n) is 8.29. The van der Waals surface area contributed by atoms with Crippen LogP contribution in [0.5, 0.6) is 0 Å². The first-order chi connectivity index (χ1) is 16.1. The van der Waals surface area contributed by atoms with E-state index in [1.54, 1.807) is 12.4 Å². The average Bonchev–Trinajstić information content (AvgIpc) is 3.26. The summed E-state index contributed by atoms with van der Waals surface area (Å²) >= 11 is 0. The van der Waals surface area contributed by atoms with Gasteiger partial charge in [0.2, 0.25) is 0 Å². The molecule has 0 bridgehead atoms. The molecular weight excluding hydrogens is 415 g/mol. The number of allylic oxidation sites excluding steroid dienone is 1. The number of aromatic amines is 1. The summed E-state index contributed by atoms with van der Waals surface area (Å²) in [4.78, 5) is 21.0. The average molecular weight is 441 g/mol. The van der Waals surface area contributed by atoms with Crippen molar-refractivity contribution in [3.63, 3.8) is 0 Å². The number of hydrogen-bond donors (Lipinski definition) is 2. The zero-order valence-corrected chi connectivity index (χ0v) is 18.4. The van der Waals surface area contributed by atoms with Gasteiger partial charge in [0.15, 0.2) is 11.5 Å². The Morgan fingerprint density at radius 1 is 1.12 bits per heavy atom. The van der Waals surface area contributed by atoms with E-state index in [0.29, 0.717) is 29.1 Å². The molecule has 1 aliphatic heterocycles. The highest BCUT2D eigenvalue weighted by Gasteiger charge is 2.30. The van der Waals surface area contributed by atoms with Crippen molar-refractivity contribution in [2.45, 2.75) is 32.2 Å². The summed E-state index contributed by atoms with van der Waals surface area (Å²) in [5.74, 6) is 0.452. The first kappa shape index (κ1) is 21.0. The fourth-order valence-corrected chi connectivity index (χ4v) is 4.55. The molecule has 2 aromatic heterocycles. The number of benzene rings is 2. The molecule has 2 aromatic carbocycles. The normalized spacial score (nSPS) is 16.7. The van der Waals surface area contributed by atoms with E-state index in [1.807, 2.05) is 24.3 Å². The first-order valence-electron chi connectivity index (χ1n) is 11.1. The van der Waals surface area contributed by atoms with E-state index in [9.17, 15) is 4.39 Å². The minimum absolute atomic E-state index is 0.0586. The standard InChI is InChI=1S/C26H25FN6/c1-3-20(33-26-24-25(29-14-28-24)30-15-31-26)23-18(13-17-8-5-4-6-9-17)12-16(2)22-19(27)10-7-11-21(22)32-23/h4-11,14-15,18,20H,2-3,12-13H2,1H3,(H2,28,29,30,31,33). The van der Waals surface area contributed by atoms with Crippen LogP contribution in [0.3, 0.4) is 0 Å². The summed E-state index contributed by atoms with van der Waals surface area (Å²) in [6.07, 6.45) is 5.30. The SMILES string of the molecule is C=C1CC(Cc2ccccc2)C(C(CC)Nc2ncnc3nc[nH]c23)=Nc2cccc(F)c21. The highest BCUT2D eigenvalue weighted by Crippen LogP contribution is 2.38. The van der Waals surface area contributed by atoms with E-state index >= 15 is 0 Å². The second-order valence-corrected chi connectivity index (χ2v) is 8.29. The number of hydrogen-bond acceptors (Lipinski definition) is 5. The number of halogens is 1. The molecule has 0 spiro atoms. The summed E-state index contributed by atoms with van der Waals surface area (Å²) in [5, 5.41) is 3.55. The van der Waals surface area contributed by atoms with Crippen LogP contribution in [0.1, 0.15) is 30.9 Å². The van der Waals surface area contributed by atoms with Crippen LogP contribution in [0.25, 0.3) is 16.7 Å². The zero-order chi connectivity index (χ0) is 22.8. The number of nitrogens with one attached hydrogen (secondary N) is 2. The van der Waals surface area contributed by atoms with Crippen LogP contribution in [0.15, 0.2) is 72.8 Å². The lowest BCUT2D eigenvalue weighted by molar-refractivity contribution is 0.621. The lowest BCUT2D eigenvalue weighted by Crippen LogP contribution is -2.35. The van der Waals surface area contributed by atoms with E-state index in [1.165, 1.54) is 18.0 Å². The monoisotopic (exact) mass is 440 g/mol. The van der Waals surface area contributed by atoms with Crippen molar-refractivity contribution in [3.05, 3.63) is 84.7 Å². The molecule has 2 atom stereocenters. The van der Waals surface area contributed by atoms with Crippen LogP contribution in [0, 0.1) is 11.7 Å². The van der Waals surface area contributed by atoms with Gasteiger partial charge in [0.05, 0.1) is 18.1 Å². The van der Waals surface area contributed by atoms with Gasteiger partial charge in [0.1, 0.15) is 17.7 Å². The third kappa shape index (κ3) is 4.14. The molecule has 0 aliphatic carbocycles. The number of imidazole rings is 1. The lowest BCUT2D eigenvalue weighted by atomic mass is 9.84. The molecule has 2 N–H and O–H groups in total. The Kier molecular flexibility index (Phi) is 5.69. The van der Waals surface area contributed by atoms with Gasteiger partial charge in [-0.1, -0.05) is 49.9 Å².